The highest BCUT2D eigenvalue weighted by atomic mass is 19.4. The van der Waals surface area contributed by atoms with Crippen LogP contribution in [-0.2, 0) is 10.9 Å². The maximum absolute atomic E-state index is 13.0. The lowest BCUT2D eigenvalue weighted by molar-refractivity contribution is -0.137. The average Bonchev–Trinajstić information content (AvgIpc) is 2.51. The van der Waals surface area contributed by atoms with E-state index in [2.05, 4.69) is 9.72 Å². The predicted octanol–water partition coefficient (Wildman–Crippen LogP) is 3.49. The van der Waals surface area contributed by atoms with Gasteiger partial charge >= 0.3 is 12.1 Å². The largest absolute Gasteiger partial charge is 0.465 e. The minimum atomic E-state index is -4.55. The fourth-order valence-electron chi connectivity index (χ4n) is 2.57. The van der Waals surface area contributed by atoms with Crippen LogP contribution < -0.4 is 5.56 Å². The number of benzene rings is 2. The van der Waals surface area contributed by atoms with Crippen LogP contribution in [0.2, 0.25) is 0 Å². The van der Waals surface area contributed by atoms with Crippen LogP contribution in [0, 0.1) is 0 Å². The maximum Gasteiger partial charge on any atom is 0.416 e. The number of carbonyl (C=O) groups excluding carboxylic acids is 1. The number of methoxy groups -OCH3 is 1. The van der Waals surface area contributed by atoms with E-state index in [0.29, 0.717) is 5.39 Å². The molecular formula is C16H10F3NO3. The van der Waals surface area contributed by atoms with Crippen molar-refractivity contribution in [3.8, 4) is 0 Å². The first-order chi connectivity index (χ1) is 10.8. The Bertz CT molecular complexity index is 989. The van der Waals surface area contributed by atoms with E-state index in [0.717, 1.165) is 12.1 Å². The second-order valence-corrected chi connectivity index (χ2v) is 4.94. The van der Waals surface area contributed by atoms with Gasteiger partial charge in [0.2, 0.25) is 0 Å². The Morgan fingerprint density at radius 2 is 1.87 bits per heavy atom. The van der Waals surface area contributed by atoms with E-state index >= 15 is 0 Å². The number of aromatic nitrogens is 1. The van der Waals surface area contributed by atoms with E-state index in [-0.39, 0.29) is 21.7 Å². The van der Waals surface area contributed by atoms with Crippen molar-refractivity contribution >= 4 is 27.5 Å². The van der Waals surface area contributed by atoms with Gasteiger partial charge in [-0.3, -0.25) is 4.79 Å². The molecule has 0 bridgehead atoms. The Morgan fingerprint density at radius 3 is 2.52 bits per heavy atom. The first-order valence-electron chi connectivity index (χ1n) is 6.56. The summed E-state index contributed by atoms with van der Waals surface area (Å²) < 4.78 is 43.6. The van der Waals surface area contributed by atoms with Crippen molar-refractivity contribution in [2.24, 2.45) is 0 Å². The normalized spacial score (nSPS) is 11.8. The van der Waals surface area contributed by atoms with E-state index in [1.807, 2.05) is 0 Å². The summed E-state index contributed by atoms with van der Waals surface area (Å²) in [5.41, 5.74) is -1.31. The number of esters is 1. The van der Waals surface area contributed by atoms with Gasteiger partial charge in [0.15, 0.2) is 0 Å². The second-order valence-electron chi connectivity index (χ2n) is 4.94. The van der Waals surface area contributed by atoms with Crippen LogP contribution in [0.1, 0.15) is 15.9 Å². The van der Waals surface area contributed by atoms with E-state index in [4.69, 9.17) is 0 Å². The molecule has 0 saturated carbocycles. The number of hydrogen-bond donors (Lipinski definition) is 1. The molecule has 7 heteroatoms. The Hall–Kier alpha value is -2.83. The summed E-state index contributed by atoms with van der Waals surface area (Å²) in [5, 5.41) is 0.746. The summed E-state index contributed by atoms with van der Waals surface area (Å²) in [6.07, 6.45) is -3.19. The third-order valence-corrected chi connectivity index (χ3v) is 3.60. The lowest BCUT2D eigenvalue weighted by Crippen LogP contribution is -2.10. The zero-order chi connectivity index (χ0) is 16.8. The molecule has 1 heterocycles. The minimum Gasteiger partial charge on any atom is -0.465 e. The summed E-state index contributed by atoms with van der Waals surface area (Å²) in [6.45, 7) is 0. The standard InChI is InChI=1S/C16H10F3NO3/c1-23-15(22)12-6-8-4-5-20-14(21)13(8)11-7-9(16(17,18)19)2-3-10(11)12/h2-7H,1H3,(H,20,21). The van der Waals surface area contributed by atoms with Crippen LogP contribution >= 0.6 is 0 Å². The smallest absolute Gasteiger partial charge is 0.416 e. The highest BCUT2D eigenvalue weighted by Crippen LogP contribution is 2.34. The van der Waals surface area contributed by atoms with Gasteiger partial charge in [0.05, 0.1) is 23.6 Å². The van der Waals surface area contributed by atoms with Crippen LogP contribution in [0.5, 0.6) is 0 Å². The average molecular weight is 321 g/mol. The molecule has 0 radical (unpaired) electrons. The Balaban J connectivity index is 2.53. The van der Waals surface area contributed by atoms with Gasteiger partial charge in [0.1, 0.15) is 0 Å². The molecule has 0 atom stereocenters. The first kappa shape index (κ1) is 15.1. The third kappa shape index (κ3) is 2.44. The molecule has 4 nitrogen and oxygen atoms in total. The van der Waals surface area contributed by atoms with E-state index in [1.54, 1.807) is 0 Å². The van der Waals surface area contributed by atoms with E-state index < -0.39 is 23.3 Å². The number of hydrogen-bond acceptors (Lipinski definition) is 3. The van der Waals surface area contributed by atoms with Crippen molar-refractivity contribution in [1.29, 1.82) is 0 Å². The van der Waals surface area contributed by atoms with E-state index in [1.165, 1.54) is 31.5 Å². The number of ether oxygens (including phenoxy) is 1. The molecule has 0 fully saturated rings. The number of fused-ring (bicyclic) bond motifs is 3. The van der Waals surface area contributed by atoms with Crippen LogP contribution in [-0.4, -0.2) is 18.1 Å². The molecule has 1 aromatic heterocycles. The molecule has 2 aromatic carbocycles. The van der Waals surface area contributed by atoms with Gasteiger partial charge in [0, 0.05) is 6.20 Å². The first-order valence-corrected chi connectivity index (χ1v) is 6.56. The fraction of sp³-hybridized carbons (Fsp3) is 0.125. The number of pyridine rings is 1. The topological polar surface area (TPSA) is 59.2 Å². The van der Waals surface area contributed by atoms with Crippen LogP contribution in [0.4, 0.5) is 13.2 Å². The van der Waals surface area contributed by atoms with Crippen molar-refractivity contribution in [3.63, 3.8) is 0 Å². The molecule has 118 valence electrons. The SMILES string of the molecule is COC(=O)c1cc2cc[nH]c(=O)c2c2cc(C(F)(F)F)ccc12. The molecule has 0 aliphatic heterocycles. The number of aromatic amines is 1. The van der Waals surface area contributed by atoms with Crippen molar-refractivity contribution in [2.75, 3.05) is 7.11 Å². The van der Waals surface area contributed by atoms with Gasteiger partial charge in [-0.05, 0) is 40.4 Å². The molecule has 3 rings (SSSR count). The van der Waals surface area contributed by atoms with Crippen LogP contribution in [0.25, 0.3) is 21.5 Å². The molecule has 0 spiro atoms. The molecule has 0 aliphatic carbocycles. The maximum atomic E-state index is 13.0. The van der Waals surface area contributed by atoms with Gasteiger partial charge < -0.3 is 9.72 Å². The third-order valence-electron chi connectivity index (χ3n) is 3.60. The number of alkyl halides is 3. The quantitative estimate of drug-likeness (QED) is 0.551. The summed E-state index contributed by atoms with van der Waals surface area (Å²) in [6, 6.07) is 5.88. The minimum absolute atomic E-state index is 0.0552. The number of nitrogens with one attached hydrogen (secondary N) is 1. The molecule has 0 saturated heterocycles. The van der Waals surface area contributed by atoms with Crippen LogP contribution in [0.15, 0.2) is 41.3 Å². The molecule has 23 heavy (non-hydrogen) atoms. The summed E-state index contributed by atoms with van der Waals surface area (Å²) in [7, 11) is 1.18. The van der Waals surface area contributed by atoms with Crippen molar-refractivity contribution in [1.82, 2.24) is 4.98 Å². The number of halogens is 3. The van der Waals surface area contributed by atoms with Gasteiger partial charge in [-0.2, -0.15) is 13.2 Å². The monoisotopic (exact) mass is 321 g/mol. The second kappa shape index (κ2) is 5.12. The van der Waals surface area contributed by atoms with Gasteiger partial charge in [0.25, 0.3) is 5.56 Å². The molecule has 0 amide bonds. The van der Waals surface area contributed by atoms with Gasteiger partial charge in [-0.25, -0.2) is 4.79 Å². The van der Waals surface area contributed by atoms with Crippen molar-refractivity contribution in [3.05, 3.63) is 58.0 Å². The van der Waals surface area contributed by atoms with E-state index in [9.17, 15) is 22.8 Å². The number of carbonyl (C=O) groups is 1. The Kier molecular flexibility index (Phi) is 3.35. The summed E-state index contributed by atoms with van der Waals surface area (Å²) in [5.74, 6) is -0.683. The fourth-order valence-corrected chi connectivity index (χ4v) is 2.57. The zero-order valence-electron chi connectivity index (χ0n) is 11.8. The number of H-pyrrole nitrogens is 1. The van der Waals surface area contributed by atoms with Crippen molar-refractivity contribution < 1.29 is 22.7 Å². The van der Waals surface area contributed by atoms with Gasteiger partial charge in [-0.1, -0.05) is 6.07 Å². The van der Waals surface area contributed by atoms with Gasteiger partial charge in [-0.15, -0.1) is 0 Å². The van der Waals surface area contributed by atoms with Crippen LogP contribution in [0.3, 0.4) is 0 Å². The highest BCUT2D eigenvalue weighted by molar-refractivity contribution is 6.15. The van der Waals surface area contributed by atoms with Crippen molar-refractivity contribution in [2.45, 2.75) is 6.18 Å². The highest BCUT2D eigenvalue weighted by Gasteiger charge is 2.31. The summed E-state index contributed by atoms with van der Waals surface area (Å²) in [4.78, 5) is 26.4. The molecule has 0 unspecified atom stereocenters. The lowest BCUT2D eigenvalue weighted by atomic mass is 9.96. The Morgan fingerprint density at radius 1 is 1.13 bits per heavy atom. The molecule has 0 aliphatic rings. The summed E-state index contributed by atoms with van der Waals surface area (Å²) >= 11 is 0. The molecule has 1 N–H and O–H groups in total. The zero-order valence-corrected chi connectivity index (χ0v) is 11.8. The Labute approximate surface area is 127 Å². The lowest BCUT2D eigenvalue weighted by Gasteiger charge is -2.12. The number of rotatable bonds is 1. The predicted molar refractivity (Wildman–Crippen MR) is 78.4 cm³/mol. The molecule has 3 aromatic rings. The molecular weight excluding hydrogens is 311 g/mol.